The predicted octanol–water partition coefficient (Wildman–Crippen LogP) is 1.78. The van der Waals surface area contributed by atoms with Crippen molar-refractivity contribution in [1.29, 1.82) is 0 Å². The Balaban J connectivity index is 1.58. The maximum atomic E-state index is 12.3. The monoisotopic (exact) mass is 318 g/mol. The minimum atomic E-state index is -0.287. The van der Waals surface area contributed by atoms with Crippen molar-refractivity contribution in [2.75, 3.05) is 19.8 Å². The van der Waals surface area contributed by atoms with Gasteiger partial charge in [-0.1, -0.05) is 12.1 Å². The topological polar surface area (TPSA) is 59.6 Å². The SMILES string of the molecule is Cc1ccc(CNC(=O)[C@H]2NCCO[C@@H]2C)c(OCC2CC2)c1. The van der Waals surface area contributed by atoms with Crippen LogP contribution < -0.4 is 15.4 Å². The van der Waals surface area contributed by atoms with Gasteiger partial charge >= 0.3 is 0 Å². The van der Waals surface area contributed by atoms with E-state index in [0.717, 1.165) is 17.9 Å². The van der Waals surface area contributed by atoms with Gasteiger partial charge in [0.15, 0.2) is 0 Å². The van der Waals surface area contributed by atoms with Gasteiger partial charge in [-0.05, 0) is 44.2 Å². The summed E-state index contributed by atoms with van der Waals surface area (Å²) in [7, 11) is 0. The van der Waals surface area contributed by atoms with E-state index < -0.39 is 0 Å². The van der Waals surface area contributed by atoms with Crippen molar-refractivity contribution in [3.8, 4) is 5.75 Å². The van der Waals surface area contributed by atoms with Crippen LogP contribution in [0.15, 0.2) is 18.2 Å². The molecule has 0 bridgehead atoms. The van der Waals surface area contributed by atoms with Crippen LogP contribution in [-0.2, 0) is 16.1 Å². The lowest BCUT2D eigenvalue weighted by Gasteiger charge is -2.29. The van der Waals surface area contributed by atoms with Gasteiger partial charge in [0.05, 0.1) is 19.3 Å². The molecule has 126 valence electrons. The van der Waals surface area contributed by atoms with E-state index in [2.05, 4.69) is 29.7 Å². The van der Waals surface area contributed by atoms with E-state index in [1.165, 1.54) is 18.4 Å². The molecule has 2 aliphatic rings. The summed E-state index contributed by atoms with van der Waals surface area (Å²) in [5.41, 5.74) is 2.19. The van der Waals surface area contributed by atoms with Gasteiger partial charge in [-0.25, -0.2) is 0 Å². The van der Waals surface area contributed by atoms with Gasteiger partial charge in [-0.2, -0.15) is 0 Å². The fourth-order valence-corrected chi connectivity index (χ4v) is 2.75. The summed E-state index contributed by atoms with van der Waals surface area (Å²) in [6, 6.07) is 5.85. The molecule has 1 aliphatic carbocycles. The Morgan fingerprint density at radius 3 is 3.00 bits per heavy atom. The van der Waals surface area contributed by atoms with Crippen LogP contribution in [0.1, 0.15) is 30.9 Å². The number of hydrogen-bond donors (Lipinski definition) is 2. The molecule has 1 amide bonds. The third kappa shape index (κ3) is 4.45. The molecule has 0 radical (unpaired) electrons. The fourth-order valence-electron chi connectivity index (χ4n) is 2.75. The summed E-state index contributed by atoms with van der Waals surface area (Å²) >= 11 is 0. The molecule has 0 spiro atoms. The van der Waals surface area contributed by atoms with Crippen LogP contribution in [-0.4, -0.2) is 37.8 Å². The summed E-state index contributed by atoms with van der Waals surface area (Å²) in [4.78, 5) is 12.3. The van der Waals surface area contributed by atoms with Crippen molar-refractivity contribution in [2.45, 2.75) is 45.4 Å². The first-order chi connectivity index (χ1) is 11.1. The molecule has 1 saturated carbocycles. The average molecular weight is 318 g/mol. The van der Waals surface area contributed by atoms with Gasteiger partial charge in [0.25, 0.3) is 0 Å². The summed E-state index contributed by atoms with van der Waals surface area (Å²) in [6.07, 6.45) is 2.43. The lowest BCUT2D eigenvalue weighted by atomic mass is 10.1. The number of amides is 1. The van der Waals surface area contributed by atoms with Crippen molar-refractivity contribution < 1.29 is 14.3 Å². The van der Waals surface area contributed by atoms with E-state index >= 15 is 0 Å². The Morgan fingerprint density at radius 2 is 2.26 bits per heavy atom. The molecular formula is C18H26N2O3. The van der Waals surface area contributed by atoms with Crippen molar-refractivity contribution in [3.05, 3.63) is 29.3 Å². The fraction of sp³-hybridized carbons (Fsp3) is 0.611. The lowest BCUT2D eigenvalue weighted by Crippen LogP contribution is -2.55. The molecule has 2 fully saturated rings. The van der Waals surface area contributed by atoms with Crippen LogP contribution in [0, 0.1) is 12.8 Å². The van der Waals surface area contributed by atoms with Crippen LogP contribution in [0.5, 0.6) is 5.75 Å². The summed E-state index contributed by atoms with van der Waals surface area (Å²) in [5.74, 6) is 1.58. The molecular weight excluding hydrogens is 292 g/mol. The van der Waals surface area contributed by atoms with E-state index in [-0.39, 0.29) is 18.1 Å². The molecule has 0 aromatic heterocycles. The van der Waals surface area contributed by atoms with Gasteiger partial charge in [-0.15, -0.1) is 0 Å². The first-order valence-electron chi connectivity index (χ1n) is 8.48. The van der Waals surface area contributed by atoms with E-state index in [1.54, 1.807) is 0 Å². The largest absolute Gasteiger partial charge is 0.493 e. The number of nitrogens with one attached hydrogen (secondary N) is 2. The highest BCUT2D eigenvalue weighted by Gasteiger charge is 2.28. The molecule has 1 aromatic rings. The summed E-state index contributed by atoms with van der Waals surface area (Å²) in [6.45, 7) is 6.60. The Morgan fingerprint density at radius 1 is 1.43 bits per heavy atom. The third-order valence-corrected chi connectivity index (χ3v) is 4.45. The zero-order valence-corrected chi connectivity index (χ0v) is 13.9. The second kappa shape index (κ2) is 7.32. The molecule has 2 atom stereocenters. The first kappa shape index (κ1) is 16.3. The first-order valence-corrected chi connectivity index (χ1v) is 8.48. The number of carbonyl (C=O) groups excluding carboxylic acids is 1. The standard InChI is InChI=1S/C18H26N2O3/c1-12-3-6-15(16(9-12)23-11-14-4-5-14)10-20-18(21)17-13(2)22-8-7-19-17/h3,6,9,13-14,17,19H,4-5,7-8,10-11H2,1-2H3,(H,20,21)/t13-,17+/m1/s1. The van der Waals surface area contributed by atoms with Gasteiger partial charge in [0, 0.05) is 18.7 Å². The zero-order chi connectivity index (χ0) is 16.2. The maximum absolute atomic E-state index is 12.3. The molecule has 5 heteroatoms. The Bertz CT molecular complexity index is 557. The molecule has 0 unspecified atom stereocenters. The van der Waals surface area contributed by atoms with Crippen LogP contribution in [0.25, 0.3) is 0 Å². The van der Waals surface area contributed by atoms with Crippen LogP contribution in [0.2, 0.25) is 0 Å². The Kier molecular flexibility index (Phi) is 5.18. The summed E-state index contributed by atoms with van der Waals surface area (Å²) < 4.78 is 11.5. The number of rotatable bonds is 6. The molecule has 23 heavy (non-hydrogen) atoms. The van der Waals surface area contributed by atoms with Gasteiger partial charge < -0.3 is 20.1 Å². The van der Waals surface area contributed by atoms with Gasteiger partial charge in [-0.3, -0.25) is 4.79 Å². The van der Waals surface area contributed by atoms with Crippen molar-refractivity contribution in [3.63, 3.8) is 0 Å². The Hall–Kier alpha value is -1.59. The second-order valence-corrected chi connectivity index (χ2v) is 6.59. The smallest absolute Gasteiger partial charge is 0.240 e. The number of carbonyl (C=O) groups is 1. The van der Waals surface area contributed by atoms with Crippen molar-refractivity contribution in [2.24, 2.45) is 5.92 Å². The number of aryl methyl sites for hydroxylation is 1. The molecule has 2 N–H and O–H groups in total. The molecule has 3 rings (SSSR count). The lowest BCUT2D eigenvalue weighted by molar-refractivity contribution is -0.129. The Labute approximate surface area is 137 Å². The van der Waals surface area contributed by atoms with Crippen LogP contribution in [0.3, 0.4) is 0 Å². The number of ether oxygens (including phenoxy) is 2. The van der Waals surface area contributed by atoms with E-state index in [1.807, 2.05) is 13.0 Å². The second-order valence-electron chi connectivity index (χ2n) is 6.59. The number of morpholine rings is 1. The van der Waals surface area contributed by atoms with E-state index in [9.17, 15) is 4.79 Å². The zero-order valence-electron chi connectivity index (χ0n) is 13.9. The third-order valence-electron chi connectivity index (χ3n) is 4.45. The molecule has 5 nitrogen and oxygen atoms in total. The van der Waals surface area contributed by atoms with Crippen LogP contribution in [0.4, 0.5) is 0 Å². The minimum absolute atomic E-state index is 0.0223. The van der Waals surface area contributed by atoms with Gasteiger partial charge in [0.2, 0.25) is 5.91 Å². The number of hydrogen-bond acceptors (Lipinski definition) is 4. The molecule has 1 heterocycles. The predicted molar refractivity (Wildman–Crippen MR) is 88.4 cm³/mol. The molecule has 1 aliphatic heterocycles. The molecule has 1 aromatic carbocycles. The maximum Gasteiger partial charge on any atom is 0.240 e. The molecule has 1 saturated heterocycles. The summed E-state index contributed by atoms with van der Waals surface area (Å²) in [5, 5.41) is 6.21. The normalized spacial score (nSPS) is 24.3. The minimum Gasteiger partial charge on any atom is -0.493 e. The van der Waals surface area contributed by atoms with Gasteiger partial charge in [0.1, 0.15) is 11.8 Å². The highest BCUT2D eigenvalue weighted by Crippen LogP contribution is 2.30. The van der Waals surface area contributed by atoms with Crippen molar-refractivity contribution >= 4 is 5.91 Å². The van der Waals surface area contributed by atoms with E-state index in [0.29, 0.717) is 25.6 Å². The average Bonchev–Trinajstić information content (AvgIpc) is 3.36. The van der Waals surface area contributed by atoms with Crippen LogP contribution >= 0.6 is 0 Å². The highest BCUT2D eigenvalue weighted by molar-refractivity contribution is 5.82. The van der Waals surface area contributed by atoms with E-state index in [4.69, 9.17) is 9.47 Å². The number of benzene rings is 1. The van der Waals surface area contributed by atoms with Crippen molar-refractivity contribution in [1.82, 2.24) is 10.6 Å². The highest BCUT2D eigenvalue weighted by atomic mass is 16.5. The quantitative estimate of drug-likeness (QED) is 0.839.